The smallest absolute Gasteiger partial charge is 0.397 e. The van der Waals surface area contributed by atoms with Crippen LogP contribution in [0.5, 0.6) is 0 Å². The summed E-state index contributed by atoms with van der Waals surface area (Å²) in [5, 5.41) is 3.17. The molecule has 1 aliphatic heterocycles. The Morgan fingerprint density at radius 1 is 1.32 bits per heavy atom. The van der Waals surface area contributed by atoms with Crippen LogP contribution < -0.4 is 10.2 Å². The number of pyridine rings is 1. The van der Waals surface area contributed by atoms with Crippen molar-refractivity contribution >= 4 is 40.9 Å². The van der Waals surface area contributed by atoms with Crippen LogP contribution in [-0.2, 0) is 14.3 Å². The number of aromatic nitrogens is 1. The number of rotatable bonds is 2. The number of nitrogens with one attached hydrogen (secondary N) is 1. The Morgan fingerprint density at radius 3 is 2.88 bits per heavy atom. The van der Waals surface area contributed by atoms with Crippen molar-refractivity contribution in [3.8, 4) is 0 Å². The normalized spacial score (nSPS) is 12.7. The van der Waals surface area contributed by atoms with E-state index in [0.717, 1.165) is 9.92 Å². The molecule has 1 N–H and O–H groups in total. The van der Waals surface area contributed by atoms with Gasteiger partial charge in [0.05, 0.1) is 17.9 Å². The van der Waals surface area contributed by atoms with Crippen molar-refractivity contribution in [2.45, 2.75) is 16.8 Å². The quantitative estimate of drug-likeness (QED) is 0.655. The second-order valence-electron chi connectivity index (χ2n) is 5.18. The monoisotopic (exact) mass is 357 g/mol. The summed E-state index contributed by atoms with van der Waals surface area (Å²) in [7, 11) is 1.67. The van der Waals surface area contributed by atoms with Crippen LogP contribution in [0.1, 0.15) is 17.3 Å². The highest BCUT2D eigenvalue weighted by Gasteiger charge is 2.26. The first-order chi connectivity index (χ1) is 12.0. The van der Waals surface area contributed by atoms with E-state index in [1.165, 1.54) is 16.7 Å². The van der Waals surface area contributed by atoms with Crippen molar-refractivity contribution in [1.82, 2.24) is 4.98 Å². The van der Waals surface area contributed by atoms with Crippen LogP contribution >= 0.6 is 11.8 Å². The van der Waals surface area contributed by atoms with Gasteiger partial charge in [0.1, 0.15) is 5.03 Å². The molecule has 0 bridgehead atoms. The minimum absolute atomic E-state index is 0.113. The summed E-state index contributed by atoms with van der Waals surface area (Å²) in [6.45, 7) is 1.73. The van der Waals surface area contributed by atoms with Crippen LogP contribution in [0.25, 0.3) is 0 Å². The molecule has 8 heteroatoms. The Hall–Kier alpha value is -2.87. The number of carbonyl (C=O) groups excluding carboxylic acids is 3. The third kappa shape index (κ3) is 3.34. The van der Waals surface area contributed by atoms with Crippen molar-refractivity contribution in [3.63, 3.8) is 0 Å². The zero-order valence-corrected chi connectivity index (χ0v) is 14.4. The van der Waals surface area contributed by atoms with Crippen molar-refractivity contribution in [1.29, 1.82) is 0 Å². The fourth-order valence-corrected chi connectivity index (χ4v) is 3.38. The predicted molar refractivity (Wildman–Crippen MR) is 92.8 cm³/mol. The third-order valence-electron chi connectivity index (χ3n) is 3.55. The second-order valence-corrected chi connectivity index (χ2v) is 6.21. The van der Waals surface area contributed by atoms with Gasteiger partial charge in [0.2, 0.25) is 0 Å². The molecule has 2 heterocycles. The number of hydrogen-bond donors (Lipinski definition) is 1. The van der Waals surface area contributed by atoms with Crippen molar-refractivity contribution in [2.24, 2.45) is 0 Å². The van der Waals surface area contributed by atoms with E-state index in [9.17, 15) is 14.4 Å². The molecule has 0 aliphatic carbocycles. The first-order valence-electron chi connectivity index (χ1n) is 7.54. The highest BCUT2D eigenvalue weighted by atomic mass is 32.2. The van der Waals surface area contributed by atoms with E-state index in [1.54, 1.807) is 44.4 Å². The number of esters is 1. The van der Waals surface area contributed by atoms with E-state index in [1.807, 2.05) is 6.07 Å². The summed E-state index contributed by atoms with van der Waals surface area (Å²) in [5.74, 6) is -2.07. The fraction of sp³-hybridized carbons (Fsp3) is 0.176. The molecule has 25 heavy (non-hydrogen) atoms. The maximum absolute atomic E-state index is 12.8. The molecule has 7 nitrogen and oxygen atoms in total. The molecule has 0 saturated heterocycles. The molecular weight excluding hydrogens is 342 g/mol. The molecule has 0 atom stereocenters. The highest BCUT2D eigenvalue weighted by molar-refractivity contribution is 7.99. The number of nitrogens with zero attached hydrogens (tertiary/aromatic N) is 2. The summed E-state index contributed by atoms with van der Waals surface area (Å²) in [5.41, 5.74) is 1.48. The van der Waals surface area contributed by atoms with E-state index >= 15 is 0 Å². The minimum atomic E-state index is -0.966. The third-order valence-corrected chi connectivity index (χ3v) is 4.64. The molecule has 0 spiro atoms. The van der Waals surface area contributed by atoms with Gasteiger partial charge in [-0.05, 0) is 37.3 Å². The van der Waals surface area contributed by atoms with Crippen LogP contribution in [0.15, 0.2) is 46.5 Å². The average molecular weight is 357 g/mol. The molecule has 1 aromatic heterocycles. The van der Waals surface area contributed by atoms with E-state index in [-0.39, 0.29) is 12.5 Å². The predicted octanol–water partition coefficient (Wildman–Crippen LogP) is 2.32. The SMILES string of the molecule is CCOC(=O)C(=O)Nc1ccc2c(c1)C(=O)N(C)c1cccnc1S2. The maximum atomic E-state index is 12.8. The molecule has 0 unspecified atom stereocenters. The van der Waals surface area contributed by atoms with E-state index in [0.29, 0.717) is 16.9 Å². The van der Waals surface area contributed by atoms with Crippen molar-refractivity contribution in [2.75, 3.05) is 23.9 Å². The van der Waals surface area contributed by atoms with E-state index in [4.69, 9.17) is 0 Å². The zero-order chi connectivity index (χ0) is 18.0. The number of amides is 2. The first kappa shape index (κ1) is 17.0. The number of anilines is 2. The van der Waals surface area contributed by atoms with Crippen molar-refractivity contribution in [3.05, 3.63) is 42.1 Å². The highest BCUT2D eigenvalue weighted by Crippen LogP contribution is 2.40. The Bertz CT molecular complexity index is 869. The largest absolute Gasteiger partial charge is 0.459 e. The molecule has 1 aliphatic rings. The van der Waals surface area contributed by atoms with Gasteiger partial charge in [-0.3, -0.25) is 9.59 Å². The number of benzene rings is 1. The van der Waals surface area contributed by atoms with Gasteiger partial charge in [0.15, 0.2) is 0 Å². The Morgan fingerprint density at radius 2 is 2.12 bits per heavy atom. The Kier molecular flexibility index (Phi) is 4.71. The van der Waals surface area contributed by atoms with E-state index < -0.39 is 11.9 Å². The summed E-state index contributed by atoms with van der Waals surface area (Å²) in [6, 6.07) is 8.48. The molecule has 1 aromatic carbocycles. The second kappa shape index (κ2) is 6.94. The summed E-state index contributed by atoms with van der Waals surface area (Å²) >= 11 is 1.37. The lowest BCUT2D eigenvalue weighted by Gasteiger charge is -2.16. The average Bonchev–Trinajstić information content (AvgIpc) is 2.71. The number of ether oxygens (including phenoxy) is 1. The van der Waals surface area contributed by atoms with Gasteiger partial charge >= 0.3 is 11.9 Å². The number of fused-ring (bicyclic) bond motifs is 2. The maximum Gasteiger partial charge on any atom is 0.397 e. The van der Waals surface area contributed by atoms with Crippen LogP contribution in [0.4, 0.5) is 11.4 Å². The van der Waals surface area contributed by atoms with Gasteiger partial charge in [-0.15, -0.1) is 0 Å². The van der Waals surface area contributed by atoms with Crippen LogP contribution in [0, 0.1) is 0 Å². The van der Waals surface area contributed by atoms with Gasteiger partial charge in [0.25, 0.3) is 5.91 Å². The number of hydrogen-bond acceptors (Lipinski definition) is 6. The molecule has 2 amide bonds. The van der Waals surface area contributed by atoms with Gasteiger partial charge in [-0.25, -0.2) is 9.78 Å². The fourth-order valence-electron chi connectivity index (χ4n) is 2.35. The summed E-state index contributed by atoms with van der Waals surface area (Å²) in [4.78, 5) is 42.5. The lowest BCUT2D eigenvalue weighted by atomic mass is 10.1. The lowest BCUT2D eigenvalue weighted by molar-refractivity contribution is -0.152. The van der Waals surface area contributed by atoms with Gasteiger partial charge in [-0.1, -0.05) is 11.8 Å². The number of carbonyl (C=O) groups is 3. The van der Waals surface area contributed by atoms with Crippen LogP contribution in [-0.4, -0.2) is 36.4 Å². The molecule has 2 aromatic rings. The molecule has 0 radical (unpaired) electrons. The minimum Gasteiger partial charge on any atom is -0.459 e. The zero-order valence-electron chi connectivity index (χ0n) is 13.6. The molecule has 0 fully saturated rings. The summed E-state index contributed by atoms with van der Waals surface area (Å²) in [6.07, 6.45) is 1.67. The lowest BCUT2D eigenvalue weighted by Crippen LogP contribution is -2.27. The van der Waals surface area contributed by atoms with Gasteiger partial charge < -0.3 is 15.0 Å². The van der Waals surface area contributed by atoms with Crippen LogP contribution in [0.3, 0.4) is 0 Å². The van der Waals surface area contributed by atoms with Crippen LogP contribution in [0.2, 0.25) is 0 Å². The molecular formula is C17H15N3O4S. The molecule has 128 valence electrons. The standard InChI is InChI=1S/C17H15N3O4S/c1-3-24-17(23)14(21)19-10-6-7-13-11(9-10)16(22)20(2)12-5-4-8-18-15(12)25-13/h4-9H,3H2,1-2H3,(H,19,21). The first-order valence-corrected chi connectivity index (χ1v) is 8.36. The molecule has 3 rings (SSSR count). The Balaban J connectivity index is 1.92. The van der Waals surface area contributed by atoms with E-state index in [2.05, 4.69) is 15.0 Å². The summed E-state index contributed by atoms with van der Waals surface area (Å²) < 4.78 is 4.65. The topological polar surface area (TPSA) is 88.6 Å². The molecule has 0 saturated carbocycles. The Labute approximate surface area is 148 Å². The van der Waals surface area contributed by atoms with Gasteiger partial charge in [0, 0.05) is 23.8 Å². The van der Waals surface area contributed by atoms with Crippen molar-refractivity contribution < 1.29 is 19.1 Å². The van der Waals surface area contributed by atoms with Gasteiger partial charge in [-0.2, -0.15) is 0 Å².